The highest BCUT2D eigenvalue weighted by Gasteiger charge is 2.24. The first-order valence-corrected chi connectivity index (χ1v) is 8.95. The number of thiazole rings is 1. The van der Waals surface area contributed by atoms with E-state index < -0.39 is 0 Å². The number of amides is 1. The number of hydrogen-bond donors (Lipinski definition) is 1. The molecule has 1 aromatic heterocycles. The molecule has 1 aliphatic heterocycles. The highest BCUT2D eigenvalue weighted by molar-refractivity contribution is 7.18. The van der Waals surface area contributed by atoms with Crippen molar-refractivity contribution in [2.75, 3.05) is 13.2 Å². The number of para-hydroxylation sites is 1. The Balaban J connectivity index is 1.47. The zero-order valence-electron chi connectivity index (χ0n) is 13.4. The van der Waals surface area contributed by atoms with Crippen LogP contribution in [0.5, 0.6) is 5.75 Å². The summed E-state index contributed by atoms with van der Waals surface area (Å²) in [6.45, 7) is 3.29. The number of ether oxygens (including phenoxy) is 1. The summed E-state index contributed by atoms with van der Waals surface area (Å²) < 4.78 is 6.73. The fraction of sp³-hybridized carbons (Fsp3) is 0.263. The van der Waals surface area contributed by atoms with Gasteiger partial charge >= 0.3 is 0 Å². The molecule has 0 unspecified atom stereocenters. The van der Waals surface area contributed by atoms with Crippen LogP contribution in [0.2, 0.25) is 0 Å². The van der Waals surface area contributed by atoms with E-state index in [0.717, 1.165) is 27.4 Å². The number of aromatic nitrogens is 1. The van der Waals surface area contributed by atoms with E-state index in [4.69, 9.17) is 4.74 Å². The molecule has 4 rings (SSSR count). The van der Waals surface area contributed by atoms with Crippen LogP contribution in [-0.2, 0) is 6.42 Å². The van der Waals surface area contributed by atoms with Crippen LogP contribution in [0.25, 0.3) is 10.2 Å². The normalized spacial score (nSPS) is 16.0. The number of nitrogens with zero attached hydrogens (tertiary/aromatic N) is 1. The van der Waals surface area contributed by atoms with E-state index in [1.165, 1.54) is 5.56 Å². The molecule has 4 nitrogen and oxygen atoms in total. The van der Waals surface area contributed by atoms with Crippen LogP contribution >= 0.6 is 11.3 Å². The van der Waals surface area contributed by atoms with Gasteiger partial charge in [-0.05, 0) is 30.7 Å². The first-order valence-electron chi connectivity index (χ1n) is 8.14. The van der Waals surface area contributed by atoms with Crippen LogP contribution in [0.1, 0.15) is 33.8 Å². The Morgan fingerprint density at radius 2 is 2.21 bits per heavy atom. The van der Waals surface area contributed by atoms with Crippen LogP contribution in [0.4, 0.5) is 0 Å². The van der Waals surface area contributed by atoms with E-state index in [2.05, 4.69) is 23.3 Å². The van der Waals surface area contributed by atoms with Crippen molar-refractivity contribution in [2.24, 2.45) is 0 Å². The van der Waals surface area contributed by atoms with Gasteiger partial charge in [0.05, 0.1) is 21.8 Å². The molecule has 0 saturated heterocycles. The van der Waals surface area contributed by atoms with Gasteiger partial charge in [-0.3, -0.25) is 4.79 Å². The molecule has 24 heavy (non-hydrogen) atoms. The molecule has 0 radical (unpaired) electrons. The van der Waals surface area contributed by atoms with Gasteiger partial charge in [0.1, 0.15) is 5.75 Å². The summed E-state index contributed by atoms with van der Waals surface area (Å²) in [5.74, 6) is 1.09. The van der Waals surface area contributed by atoms with Crippen LogP contribution in [0, 0.1) is 0 Å². The second-order valence-electron chi connectivity index (χ2n) is 5.90. The molecule has 1 aliphatic rings. The minimum atomic E-state index is -0.0484. The van der Waals surface area contributed by atoms with E-state index in [0.29, 0.717) is 18.7 Å². The lowest BCUT2D eigenvalue weighted by Crippen LogP contribution is -2.28. The highest BCUT2D eigenvalue weighted by atomic mass is 32.1. The highest BCUT2D eigenvalue weighted by Crippen LogP contribution is 2.33. The van der Waals surface area contributed by atoms with Crippen molar-refractivity contribution in [1.82, 2.24) is 10.3 Å². The second-order valence-corrected chi connectivity index (χ2v) is 7.01. The summed E-state index contributed by atoms with van der Waals surface area (Å²) in [5.41, 5.74) is 2.82. The van der Waals surface area contributed by atoms with E-state index in [9.17, 15) is 4.79 Å². The fourth-order valence-corrected chi connectivity index (χ4v) is 3.93. The predicted octanol–water partition coefficient (Wildman–Crippen LogP) is 3.76. The van der Waals surface area contributed by atoms with Gasteiger partial charge in [-0.15, -0.1) is 11.3 Å². The third-order valence-corrected chi connectivity index (χ3v) is 5.47. The van der Waals surface area contributed by atoms with Crippen molar-refractivity contribution in [3.63, 3.8) is 0 Å². The number of hydrogen-bond acceptors (Lipinski definition) is 4. The molecule has 3 aromatic rings. The van der Waals surface area contributed by atoms with Crippen molar-refractivity contribution >= 4 is 27.5 Å². The molecule has 0 bridgehead atoms. The quantitative estimate of drug-likeness (QED) is 0.788. The van der Waals surface area contributed by atoms with Gasteiger partial charge in [0, 0.05) is 23.6 Å². The van der Waals surface area contributed by atoms with E-state index in [1.54, 1.807) is 11.3 Å². The minimum Gasteiger partial charge on any atom is -0.493 e. The zero-order chi connectivity index (χ0) is 16.5. The second kappa shape index (κ2) is 6.24. The maximum Gasteiger partial charge on any atom is 0.251 e. The SMILES string of the molecule is CCc1nc2ccc(C(=O)NC[C@@H]3COc4ccccc43)cc2s1. The van der Waals surface area contributed by atoms with Crippen LogP contribution in [0.3, 0.4) is 0 Å². The Bertz CT molecular complexity index is 903. The molecule has 0 spiro atoms. The lowest BCUT2D eigenvalue weighted by Gasteiger charge is -2.10. The number of benzene rings is 2. The number of rotatable bonds is 4. The Morgan fingerprint density at radius 1 is 1.33 bits per heavy atom. The Hall–Kier alpha value is -2.40. The van der Waals surface area contributed by atoms with Crippen molar-refractivity contribution < 1.29 is 9.53 Å². The predicted molar refractivity (Wildman–Crippen MR) is 96.0 cm³/mol. The zero-order valence-corrected chi connectivity index (χ0v) is 14.2. The Kier molecular flexibility index (Phi) is 3.94. The monoisotopic (exact) mass is 338 g/mol. The summed E-state index contributed by atoms with van der Waals surface area (Å²) in [7, 11) is 0. The van der Waals surface area contributed by atoms with Crippen LogP contribution in [0.15, 0.2) is 42.5 Å². The molecule has 0 aliphatic carbocycles. The Morgan fingerprint density at radius 3 is 3.08 bits per heavy atom. The number of fused-ring (bicyclic) bond motifs is 2. The molecule has 5 heteroatoms. The van der Waals surface area contributed by atoms with Gasteiger partial charge in [0.2, 0.25) is 0 Å². The van der Waals surface area contributed by atoms with Gasteiger partial charge in [-0.25, -0.2) is 4.98 Å². The third kappa shape index (κ3) is 2.76. The van der Waals surface area contributed by atoms with Crippen LogP contribution < -0.4 is 10.1 Å². The first-order chi connectivity index (χ1) is 11.7. The molecule has 0 fully saturated rings. The molecular formula is C19H18N2O2S. The number of carbonyl (C=O) groups is 1. The van der Waals surface area contributed by atoms with Gasteiger partial charge in [-0.1, -0.05) is 25.1 Å². The van der Waals surface area contributed by atoms with Gasteiger partial charge in [0.15, 0.2) is 0 Å². The first kappa shape index (κ1) is 15.1. The smallest absolute Gasteiger partial charge is 0.251 e. The van der Waals surface area contributed by atoms with E-state index in [1.807, 2.05) is 36.4 Å². The van der Waals surface area contributed by atoms with E-state index >= 15 is 0 Å². The molecule has 2 heterocycles. The topological polar surface area (TPSA) is 51.2 Å². The lowest BCUT2D eigenvalue weighted by atomic mass is 10.0. The van der Waals surface area contributed by atoms with Crippen molar-refractivity contribution in [3.8, 4) is 5.75 Å². The molecule has 122 valence electrons. The lowest BCUT2D eigenvalue weighted by molar-refractivity contribution is 0.0950. The molecule has 1 N–H and O–H groups in total. The van der Waals surface area contributed by atoms with Crippen molar-refractivity contribution in [3.05, 3.63) is 58.6 Å². The summed E-state index contributed by atoms with van der Waals surface area (Å²) in [6.07, 6.45) is 0.919. The van der Waals surface area contributed by atoms with Crippen LogP contribution in [-0.4, -0.2) is 24.0 Å². The maximum absolute atomic E-state index is 12.5. The molecular weight excluding hydrogens is 320 g/mol. The standard InChI is InChI=1S/C19H18N2O2S/c1-2-18-21-15-8-7-12(9-17(15)24-18)19(22)20-10-13-11-23-16-6-4-3-5-14(13)16/h3-9,13H,2,10-11H2,1H3,(H,20,22)/t13-/m1/s1. The molecule has 2 aromatic carbocycles. The number of carbonyl (C=O) groups excluding carboxylic acids is 1. The van der Waals surface area contributed by atoms with Gasteiger partial charge in [0.25, 0.3) is 5.91 Å². The molecule has 1 atom stereocenters. The Labute approximate surface area is 144 Å². The van der Waals surface area contributed by atoms with E-state index in [-0.39, 0.29) is 11.8 Å². The van der Waals surface area contributed by atoms with Crippen molar-refractivity contribution in [1.29, 1.82) is 0 Å². The molecule has 1 amide bonds. The van der Waals surface area contributed by atoms with Crippen molar-refractivity contribution in [2.45, 2.75) is 19.3 Å². The number of aryl methyl sites for hydroxylation is 1. The fourth-order valence-electron chi connectivity index (χ4n) is 2.98. The number of nitrogens with one attached hydrogen (secondary N) is 1. The summed E-state index contributed by atoms with van der Waals surface area (Å²) in [5, 5.41) is 4.13. The summed E-state index contributed by atoms with van der Waals surface area (Å²) >= 11 is 1.65. The summed E-state index contributed by atoms with van der Waals surface area (Å²) in [4.78, 5) is 17.0. The molecule has 0 saturated carbocycles. The maximum atomic E-state index is 12.5. The van der Waals surface area contributed by atoms with Gasteiger partial charge in [-0.2, -0.15) is 0 Å². The van der Waals surface area contributed by atoms with Gasteiger partial charge < -0.3 is 10.1 Å². The average Bonchev–Trinajstić information content (AvgIpc) is 3.22. The summed E-state index contributed by atoms with van der Waals surface area (Å²) in [6, 6.07) is 13.7. The third-order valence-electron chi connectivity index (χ3n) is 4.31. The largest absolute Gasteiger partial charge is 0.493 e. The minimum absolute atomic E-state index is 0.0484. The average molecular weight is 338 g/mol.